The summed E-state index contributed by atoms with van der Waals surface area (Å²) in [7, 11) is 2.30. The van der Waals surface area contributed by atoms with E-state index in [-0.39, 0.29) is 0 Å². The molecule has 0 radical (unpaired) electrons. The highest BCUT2D eigenvalue weighted by atomic mass is 15.3. The topological polar surface area (TPSA) is 15.3 Å². The Balaban J connectivity index is 1.82. The van der Waals surface area contributed by atoms with Crippen LogP contribution < -0.4 is 5.32 Å². The highest BCUT2D eigenvalue weighted by Crippen LogP contribution is 2.51. The number of rotatable bonds is 3. The minimum absolute atomic E-state index is 0.359. The standard InChI is InChI=1S/C14H20N2/c1-16(13-7-10-15-11-13)14(8-9-14)12-5-3-2-4-6-12/h2-6,13,15H,7-11H2,1H3. The number of nitrogens with zero attached hydrogens (tertiary/aromatic N) is 1. The highest BCUT2D eigenvalue weighted by molar-refractivity contribution is 5.30. The van der Waals surface area contributed by atoms with E-state index in [2.05, 4.69) is 47.6 Å². The Morgan fingerprint density at radius 1 is 1.25 bits per heavy atom. The third kappa shape index (κ3) is 1.57. The molecule has 2 nitrogen and oxygen atoms in total. The molecular weight excluding hydrogens is 196 g/mol. The number of hydrogen-bond donors (Lipinski definition) is 1. The molecule has 3 rings (SSSR count). The van der Waals surface area contributed by atoms with E-state index in [4.69, 9.17) is 0 Å². The van der Waals surface area contributed by atoms with Crippen LogP contribution in [-0.4, -0.2) is 31.1 Å². The lowest BCUT2D eigenvalue weighted by molar-refractivity contribution is 0.164. The summed E-state index contributed by atoms with van der Waals surface area (Å²) >= 11 is 0. The first-order chi connectivity index (χ1) is 7.83. The molecule has 2 aliphatic rings. The molecule has 1 unspecified atom stereocenters. The molecule has 2 fully saturated rings. The van der Waals surface area contributed by atoms with E-state index in [0.717, 1.165) is 12.6 Å². The Morgan fingerprint density at radius 2 is 2.00 bits per heavy atom. The molecule has 1 saturated heterocycles. The minimum atomic E-state index is 0.359. The molecular formula is C14H20N2. The molecule has 1 aliphatic carbocycles. The van der Waals surface area contributed by atoms with Crippen molar-refractivity contribution < 1.29 is 0 Å². The van der Waals surface area contributed by atoms with E-state index in [1.165, 1.54) is 31.4 Å². The maximum atomic E-state index is 3.46. The Bertz CT molecular complexity index is 350. The van der Waals surface area contributed by atoms with Gasteiger partial charge >= 0.3 is 0 Å². The molecule has 1 heterocycles. The van der Waals surface area contributed by atoms with Gasteiger partial charge < -0.3 is 5.32 Å². The van der Waals surface area contributed by atoms with Crippen LogP contribution in [0.5, 0.6) is 0 Å². The second-order valence-corrected chi connectivity index (χ2v) is 5.16. The first-order valence-electron chi connectivity index (χ1n) is 6.32. The van der Waals surface area contributed by atoms with Crippen molar-refractivity contribution in [3.05, 3.63) is 35.9 Å². The van der Waals surface area contributed by atoms with Crippen molar-refractivity contribution in [1.82, 2.24) is 10.2 Å². The zero-order valence-corrected chi connectivity index (χ0v) is 9.95. The van der Waals surface area contributed by atoms with Gasteiger partial charge in [0.25, 0.3) is 0 Å². The molecule has 1 saturated carbocycles. The third-order valence-corrected chi connectivity index (χ3v) is 4.29. The van der Waals surface area contributed by atoms with Gasteiger partial charge in [-0.05, 0) is 38.4 Å². The van der Waals surface area contributed by atoms with Crippen molar-refractivity contribution in [2.45, 2.75) is 30.8 Å². The van der Waals surface area contributed by atoms with Crippen LogP contribution in [0.3, 0.4) is 0 Å². The van der Waals surface area contributed by atoms with Gasteiger partial charge in [-0.3, -0.25) is 4.90 Å². The van der Waals surface area contributed by atoms with E-state index >= 15 is 0 Å². The van der Waals surface area contributed by atoms with Gasteiger partial charge in [0.05, 0.1) is 0 Å². The van der Waals surface area contributed by atoms with Crippen LogP contribution in [0.1, 0.15) is 24.8 Å². The number of nitrogens with one attached hydrogen (secondary N) is 1. The van der Waals surface area contributed by atoms with Crippen LogP contribution >= 0.6 is 0 Å². The number of likely N-dealkylation sites (N-methyl/N-ethyl adjacent to an activating group) is 1. The average Bonchev–Trinajstić information content (AvgIpc) is 2.97. The van der Waals surface area contributed by atoms with Crippen molar-refractivity contribution in [3.63, 3.8) is 0 Å². The smallest absolute Gasteiger partial charge is 0.0462 e. The van der Waals surface area contributed by atoms with Gasteiger partial charge in [-0.2, -0.15) is 0 Å². The van der Waals surface area contributed by atoms with Crippen molar-refractivity contribution in [2.24, 2.45) is 0 Å². The lowest BCUT2D eigenvalue weighted by Gasteiger charge is -2.33. The third-order valence-electron chi connectivity index (χ3n) is 4.29. The molecule has 1 aromatic carbocycles. The lowest BCUT2D eigenvalue weighted by Crippen LogP contribution is -2.41. The first kappa shape index (κ1) is 10.3. The second-order valence-electron chi connectivity index (χ2n) is 5.16. The molecule has 1 atom stereocenters. The van der Waals surface area contributed by atoms with Crippen LogP contribution in [0.25, 0.3) is 0 Å². The summed E-state index contributed by atoms with van der Waals surface area (Å²) < 4.78 is 0. The molecule has 86 valence electrons. The Labute approximate surface area is 97.6 Å². The first-order valence-corrected chi connectivity index (χ1v) is 6.32. The maximum absolute atomic E-state index is 3.46. The van der Waals surface area contributed by atoms with Gasteiger partial charge in [-0.15, -0.1) is 0 Å². The van der Waals surface area contributed by atoms with Gasteiger partial charge in [0.2, 0.25) is 0 Å². The summed E-state index contributed by atoms with van der Waals surface area (Å²) in [5.74, 6) is 0. The van der Waals surface area contributed by atoms with Crippen molar-refractivity contribution in [3.8, 4) is 0 Å². The predicted molar refractivity (Wildman–Crippen MR) is 66.4 cm³/mol. The molecule has 0 amide bonds. The van der Waals surface area contributed by atoms with Crippen molar-refractivity contribution in [2.75, 3.05) is 20.1 Å². The summed E-state index contributed by atoms with van der Waals surface area (Å²) in [5.41, 5.74) is 1.86. The van der Waals surface area contributed by atoms with Gasteiger partial charge in [-0.1, -0.05) is 30.3 Å². The summed E-state index contributed by atoms with van der Waals surface area (Å²) in [6.07, 6.45) is 3.94. The van der Waals surface area contributed by atoms with Crippen LogP contribution in [0.15, 0.2) is 30.3 Å². The zero-order valence-electron chi connectivity index (χ0n) is 9.95. The fourth-order valence-electron chi connectivity index (χ4n) is 3.03. The Hall–Kier alpha value is -0.860. The molecule has 1 aromatic rings. The fourth-order valence-corrected chi connectivity index (χ4v) is 3.03. The maximum Gasteiger partial charge on any atom is 0.0462 e. The highest BCUT2D eigenvalue weighted by Gasteiger charge is 2.49. The van der Waals surface area contributed by atoms with E-state index < -0.39 is 0 Å². The quantitative estimate of drug-likeness (QED) is 0.831. The van der Waals surface area contributed by atoms with E-state index in [9.17, 15) is 0 Å². The SMILES string of the molecule is CN(C1CCNC1)C1(c2ccccc2)CC1. The lowest BCUT2D eigenvalue weighted by atomic mass is 10.0. The summed E-state index contributed by atoms with van der Waals surface area (Å²) in [5, 5.41) is 3.46. The van der Waals surface area contributed by atoms with Gasteiger partial charge in [0.15, 0.2) is 0 Å². The molecule has 0 aromatic heterocycles. The summed E-state index contributed by atoms with van der Waals surface area (Å²) in [6.45, 7) is 2.34. The van der Waals surface area contributed by atoms with Gasteiger partial charge in [0.1, 0.15) is 0 Å². The molecule has 0 bridgehead atoms. The van der Waals surface area contributed by atoms with Crippen LogP contribution in [0.4, 0.5) is 0 Å². The van der Waals surface area contributed by atoms with Crippen LogP contribution in [0, 0.1) is 0 Å². The normalized spacial score (nSPS) is 27.2. The average molecular weight is 216 g/mol. The van der Waals surface area contributed by atoms with Crippen molar-refractivity contribution in [1.29, 1.82) is 0 Å². The number of hydrogen-bond acceptors (Lipinski definition) is 2. The molecule has 2 heteroatoms. The molecule has 1 aliphatic heterocycles. The Morgan fingerprint density at radius 3 is 2.56 bits per heavy atom. The molecule has 16 heavy (non-hydrogen) atoms. The Kier molecular flexibility index (Phi) is 2.49. The fraction of sp³-hybridized carbons (Fsp3) is 0.571. The minimum Gasteiger partial charge on any atom is -0.315 e. The monoisotopic (exact) mass is 216 g/mol. The van der Waals surface area contributed by atoms with Gasteiger partial charge in [-0.25, -0.2) is 0 Å². The van der Waals surface area contributed by atoms with Crippen LogP contribution in [0.2, 0.25) is 0 Å². The molecule has 0 spiro atoms. The van der Waals surface area contributed by atoms with E-state index in [1.807, 2.05) is 0 Å². The predicted octanol–water partition coefficient (Wildman–Crippen LogP) is 1.97. The summed E-state index contributed by atoms with van der Waals surface area (Å²) in [4.78, 5) is 2.61. The van der Waals surface area contributed by atoms with Gasteiger partial charge in [0, 0.05) is 18.1 Å². The largest absolute Gasteiger partial charge is 0.315 e. The molecule has 1 N–H and O–H groups in total. The zero-order chi connectivity index (χ0) is 11.0. The summed E-state index contributed by atoms with van der Waals surface area (Å²) in [6, 6.07) is 11.7. The second kappa shape index (κ2) is 3.86. The number of benzene rings is 1. The van der Waals surface area contributed by atoms with E-state index in [0.29, 0.717) is 5.54 Å². The van der Waals surface area contributed by atoms with Crippen molar-refractivity contribution >= 4 is 0 Å². The van der Waals surface area contributed by atoms with E-state index in [1.54, 1.807) is 0 Å². The van der Waals surface area contributed by atoms with Crippen LogP contribution in [-0.2, 0) is 5.54 Å².